The van der Waals surface area contributed by atoms with E-state index in [1.807, 2.05) is 21.1 Å². The lowest BCUT2D eigenvalue weighted by molar-refractivity contribution is -0.870. The minimum absolute atomic E-state index is 0.146. The molecule has 0 heterocycles. The maximum absolute atomic E-state index is 13.0. The maximum Gasteiger partial charge on any atom is 0.306 e. The fourth-order valence-corrected chi connectivity index (χ4v) is 11.1. The van der Waals surface area contributed by atoms with Gasteiger partial charge in [0.25, 0.3) is 0 Å². The Kier molecular flexibility index (Phi) is 70.5. The quantitative estimate of drug-likeness (QED) is 0.0195. The summed E-state index contributed by atoms with van der Waals surface area (Å²) < 4.78 is 22.9. The van der Waals surface area contributed by atoms with E-state index in [1.165, 1.54) is 218 Å². The first kappa shape index (κ1) is 89.0. The average molecular weight is 1300 g/mol. The highest BCUT2D eigenvalue weighted by Gasteiger charge is 2.22. The van der Waals surface area contributed by atoms with Crippen molar-refractivity contribution in [3.63, 3.8) is 0 Å². The van der Waals surface area contributed by atoms with Gasteiger partial charge in [-0.25, -0.2) is 0 Å². The SMILES string of the molecule is CC/C=C\C/C=C\C/C=C\C/C=C\C/C=C\CCCCCCCCCCCCCCCCCC(=O)OC(COC(=O)CCCCCCCCCCCCCCCCCCCCCCCCCC/C=C\C/C=C\C/C=C\C/C=C\CC)COC(OCC[N+](C)(C)C)C(=O)[O-]. The van der Waals surface area contributed by atoms with E-state index in [1.54, 1.807) is 0 Å². The van der Waals surface area contributed by atoms with Crippen LogP contribution in [0, 0.1) is 0 Å². The molecule has 0 aliphatic carbocycles. The number of nitrogens with zero attached hydrogens (tertiary/aromatic N) is 1. The Bertz CT molecular complexity index is 1900. The van der Waals surface area contributed by atoms with Crippen molar-refractivity contribution >= 4 is 17.9 Å². The number of aliphatic carboxylic acids is 1. The van der Waals surface area contributed by atoms with Gasteiger partial charge in [-0.3, -0.25) is 9.59 Å². The molecule has 0 fully saturated rings. The highest BCUT2D eigenvalue weighted by Crippen LogP contribution is 2.19. The second kappa shape index (κ2) is 73.8. The zero-order valence-electron chi connectivity index (χ0n) is 61.4. The number of rotatable bonds is 72. The molecule has 93 heavy (non-hydrogen) atoms. The molecule has 0 spiro atoms. The largest absolute Gasteiger partial charge is 0.545 e. The smallest absolute Gasteiger partial charge is 0.306 e. The number of hydrogen-bond acceptors (Lipinski definition) is 8. The van der Waals surface area contributed by atoms with Gasteiger partial charge < -0.3 is 33.3 Å². The van der Waals surface area contributed by atoms with Crippen molar-refractivity contribution in [1.29, 1.82) is 0 Å². The fraction of sp³-hybridized carbons (Fsp3) is 0.750. The van der Waals surface area contributed by atoms with Crippen molar-refractivity contribution in [2.45, 2.75) is 360 Å². The number of hydrogen-bond donors (Lipinski definition) is 0. The zero-order valence-corrected chi connectivity index (χ0v) is 61.4. The summed E-state index contributed by atoms with van der Waals surface area (Å²) in [6.45, 7) is 4.56. The molecule has 0 saturated carbocycles. The molecule has 0 amide bonds. The Hall–Kier alpha value is -4.05. The van der Waals surface area contributed by atoms with Crippen LogP contribution in [0.15, 0.2) is 109 Å². The van der Waals surface area contributed by atoms with Crippen LogP contribution < -0.4 is 5.11 Å². The summed E-state index contributed by atoms with van der Waals surface area (Å²) in [4.78, 5) is 37.6. The van der Waals surface area contributed by atoms with Crippen molar-refractivity contribution in [1.82, 2.24) is 0 Å². The van der Waals surface area contributed by atoms with Crippen molar-refractivity contribution < 1.29 is 42.9 Å². The first-order valence-electron chi connectivity index (χ1n) is 39.0. The monoisotopic (exact) mass is 1300 g/mol. The van der Waals surface area contributed by atoms with Crippen LogP contribution in [0.2, 0.25) is 0 Å². The zero-order chi connectivity index (χ0) is 67.5. The summed E-state index contributed by atoms with van der Waals surface area (Å²) in [5.41, 5.74) is 0. The Morgan fingerprint density at radius 3 is 0.860 bits per heavy atom. The molecule has 0 aromatic rings. The lowest BCUT2D eigenvalue weighted by atomic mass is 10.0. The molecular weight excluding hydrogens is 1150 g/mol. The van der Waals surface area contributed by atoms with E-state index in [0.717, 1.165) is 96.3 Å². The number of carbonyl (C=O) groups is 3. The predicted octanol–water partition coefficient (Wildman–Crippen LogP) is 23.6. The summed E-state index contributed by atoms with van der Waals surface area (Å²) in [5, 5.41) is 11.9. The molecule has 0 saturated heterocycles. The van der Waals surface area contributed by atoms with Gasteiger partial charge in [-0.05, 0) is 96.3 Å². The number of quaternary nitrogens is 1. The lowest BCUT2D eigenvalue weighted by Gasteiger charge is -2.26. The Morgan fingerprint density at radius 2 is 0.581 bits per heavy atom. The van der Waals surface area contributed by atoms with Crippen LogP contribution >= 0.6 is 0 Å². The van der Waals surface area contributed by atoms with Gasteiger partial charge in [0.05, 0.1) is 40.3 Å². The van der Waals surface area contributed by atoms with E-state index in [4.69, 9.17) is 18.9 Å². The number of allylic oxidation sites excluding steroid dienone is 18. The molecule has 0 aromatic heterocycles. The van der Waals surface area contributed by atoms with E-state index >= 15 is 0 Å². The van der Waals surface area contributed by atoms with Crippen molar-refractivity contribution in [2.24, 2.45) is 0 Å². The Morgan fingerprint density at radius 1 is 0.323 bits per heavy atom. The summed E-state index contributed by atoms with van der Waals surface area (Å²) in [7, 11) is 5.94. The van der Waals surface area contributed by atoms with Gasteiger partial charge in [-0.1, -0.05) is 348 Å². The lowest BCUT2D eigenvalue weighted by Crippen LogP contribution is -2.44. The third-order valence-electron chi connectivity index (χ3n) is 17.0. The molecule has 2 atom stereocenters. The second-order valence-electron chi connectivity index (χ2n) is 27.2. The van der Waals surface area contributed by atoms with Gasteiger partial charge in [-0.2, -0.15) is 0 Å². The molecule has 9 nitrogen and oxygen atoms in total. The first-order chi connectivity index (χ1) is 45.6. The predicted molar refractivity (Wildman–Crippen MR) is 398 cm³/mol. The molecule has 0 aliphatic heterocycles. The number of likely N-dealkylation sites (N-methyl/N-ethyl adjacent to an activating group) is 1. The maximum atomic E-state index is 13.0. The third-order valence-corrected chi connectivity index (χ3v) is 17.0. The summed E-state index contributed by atoms with van der Waals surface area (Å²) in [6, 6.07) is 0. The molecule has 0 aliphatic rings. The van der Waals surface area contributed by atoms with E-state index in [-0.39, 0.29) is 32.2 Å². The number of carbonyl (C=O) groups excluding carboxylic acids is 3. The highest BCUT2D eigenvalue weighted by atomic mass is 16.7. The molecule has 0 N–H and O–H groups in total. The van der Waals surface area contributed by atoms with Gasteiger partial charge in [0, 0.05) is 12.8 Å². The second-order valence-corrected chi connectivity index (χ2v) is 27.2. The number of carboxylic acid groups (broad SMARTS) is 1. The van der Waals surface area contributed by atoms with Gasteiger partial charge in [0.15, 0.2) is 12.4 Å². The van der Waals surface area contributed by atoms with Crippen LogP contribution in [0.5, 0.6) is 0 Å². The minimum Gasteiger partial charge on any atom is -0.545 e. The molecule has 0 aromatic carbocycles. The van der Waals surface area contributed by atoms with E-state index in [9.17, 15) is 19.5 Å². The van der Waals surface area contributed by atoms with Crippen LogP contribution in [-0.2, 0) is 33.3 Å². The number of esters is 2. The van der Waals surface area contributed by atoms with Crippen LogP contribution in [-0.4, -0.2) is 82.3 Å². The molecule has 536 valence electrons. The fourth-order valence-electron chi connectivity index (χ4n) is 11.1. The van der Waals surface area contributed by atoms with E-state index < -0.39 is 24.3 Å². The van der Waals surface area contributed by atoms with Crippen LogP contribution in [0.3, 0.4) is 0 Å². The highest BCUT2D eigenvalue weighted by molar-refractivity contribution is 5.70. The van der Waals surface area contributed by atoms with Crippen molar-refractivity contribution in [2.75, 3.05) is 47.5 Å². The average Bonchev–Trinajstić information content (AvgIpc) is 3.38. The number of ether oxygens (including phenoxy) is 4. The van der Waals surface area contributed by atoms with Crippen LogP contribution in [0.1, 0.15) is 348 Å². The van der Waals surface area contributed by atoms with Crippen molar-refractivity contribution in [3.8, 4) is 0 Å². The number of unbranched alkanes of at least 4 members (excludes halogenated alkanes) is 39. The summed E-state index contributed by atoms with van der Waals surface area (Å²) >= 11 is 0. The standard InChI is InChI=1S/C84H147NO8/c1-6-8-10-12-14-16-18-20-22-24-26-28-30-32-34-36-38-39-40-41-42-43-45-46-48-50-52-54-56-58-60-62-64-66-68-70-72-74-81(86)91-78-80(79-92-84(83(88)89)90-77-76-85(3,4)5)93-82(87)75-73-71-69-67-65-63-61-59-57-55-53-51-49-47-44-37-35-33-31-29-27-25-23-21-19-17-15-13-11-9-7-2/h8-11,14-17,20-23,26-29,33,35,80,84H,6-7,12-13,18-19,24-25,30-32,34,36-79H2,1-5H3/b10-8-,11-9-,16-14-,17-15-,22-20-,23-21-,28-26-,29-27-,35-33-. The van der Waals surface area contributed by atoms with Crippen molar-refractivity contribution in [3.05, 3.63) is 109 Å². The van der Waals surface area contributed by atoms with Gasteiger partial charge in [0.1, 0.15) is 13.2 Å². The number of carboxylic acids is 1. The Balaban J connectivity index is 4.00. The molecule has 2 unspecified atom stereocenters. The van der Waals surface area contributed by atoms with Gasteiger partial charge in [-0.15, -0.1) is 0 Å². The van der Waals surface area contributed by atoms with E-state index in [2.05, 4.69) is 123 Å². The molecule has 0 rings (SSSR count). The first-order valence-corrected chi connectivity index (χ1v) is 39.0. The topological polar surface area (TPSA) is 111 Å². The van der Waals surface area contributed by atoms with E-state index in [0.29, 0.717) is 23.9 Å². The summed E-state index contributed by atoms with van der Waals surface area (Å²) in [5.74, 6) is -2.27. The van der Waals surface area contributed by atoms with Crippen LogP contribution in [0.4, 0.5) is 0 Å². The molecule has 0 radical (unpaired) electrons. The Labute approximate surface area is 575 Å². The molecule has 9 heteroatoms. The minimum atomic E-state index is -1.62. The third kappa shape index (κ3) is 75.2. The molecular formula is C84H147NO8. The van der Waals surface area contributed by atoms with Gasteiger partial charge >= 0.3 is 11.9 Å². The van der Waals surface area contributed by atoms with Crippen LogP contribution in [0.25, 0.3) is 0 Å². The normalized spacial score (nSPS) is 13.3. The summed E-state index contributed by atoms with van der Waals surface area (Å²) in [6.07, 6.45) is 101. The van der Waals surface area contributed by atoms with Gasteiger partial charge in [0.2, 0.25) is 0 Å². The molecule has 0 bridgehead atoms.